The second-order valence-corrected chi connectivity index (χ2v) is 9.31. The van der Waals surface area contributed by atoms with Gasteiger partial charge in [0.15, 0.2) is 11.6 Å². The van der Waals surface area contributed by atoms with Gasteiger partial charge in [0.2, 0.25) is 11.3 Å². The molecule has 168 valence electrons. The Balaban J connectivity index is 1.49. The van der Waals surface area contributed by atoms with E-state index in [9.17, 15) is 13.0 Å². The SMILES string of the molecule is CNC1Cc2cc(F)c(OCCC3(NS(=O)O)CCC3)cc2C1Cc1cccc(F)c1. The molecule has 3 N–H and O–H groups in total. The van der Waals surface area contributed by atoms with E-state index >= 15 is 0 Å². The van der Waals surface area contributed by atoms with Crippen LogP contribution in [0.4, 0.5) is 8.78 Å². The molecule has 0 spiro atoms. The summed E-state index contributed by atoms with van der Waals surface area (Å²) in [4.78, 5) is 0. The molecule has 5 nitrogen and oxygen atoms in total. The van der Waals surface area contributed by atoms with Crippen LogP contribution in [0.25, 0.3) is 0 Å². The monoisotopic (exact) mass is 450 g/mol. The van der Waals surface area contributed by atoms with Crippen molar-refractivity contribution in [2.24, 2.45) is 0 Å². The Morgan fingerprint density at radius 2 is 2.06 bits per heavy atom. The van der Waals surface area contributed by atoms with E-state index in [1.807, 2.05) is 13.1 Å². The summed E-state index contributed by atoms with van der Waals surface area (Å²) >= 11 is -2.08. The number of nitrogens with one attached hydrogen (secondary N) is 2. The summed E-state index contributed by atoms with van der Waals surface area (Å²) in [5.74, 6) is -0.385. The Labute approximate surface area is 184 Å². The van der Waals surface area contributed by atoms with E-state index in [0.717, 1.165) is 36.0 Å². The molecule has 1 saturated carbocycles. The molecule has 3 unspecified atom stereocenters. The van der Waals surface area contributed by atoms with Crippen molar-refractivity contribution in [2.75, 3.05) is 13.7 Å². The quantitative estimate of drug-likeness (QED) is 0.508. The number of fused-ring (bicyclic) bond motifs is 1. The highest BCUT2D eigenvalue weighted by atomic mass is 32.2. The lowest BCUT2D eigenvalue weighted by Crippen LogP contribution is -2.52. The van der Waals surface area contributed by atoms with Gasteiger partial charge in [0.1, 0.15) is 5.82 Å². The third kappa shape index (κ3) is 4.98. The molecule has 0 heterocycles. The number of hydrogen-bond acceptors (Lipinski definition) is 3. The Bertz CT molecular complexity index is 968. The Morgan fingerprint density at radius 1 is 1.26 bits per heavy atom. The van der Waals surface area contributed by atoms with Gasteiger partial charge in [-0.25, -0.2) is 17.7 Å². The first-order chi connectivity index (χ1) is 14.9. The minimum Gasteiger partial charge on any atom is -0.490 e. The van der Waals surface area contributed by atoms with Gasteiger partial charge in [-0.3, -0.25) is 4.55 Å². The van der Waals surface area contributed by atoms with Crippen LogP contribution in [0.2, 0.25) is 0 Å². The van der Waals surface area contributed by atoms with Crippen LogP contribution in [-0.4, -0.2) is 34.0 Å². The number of hydrogen-bond donors (Lipinski definition) is 3. The lowest BCUT2D eigenvalue weighted by molar-refractivity contribution is 0.162. The van der Waals surface area contributed by atoms with E-state index in [1.165, 1.54) is 6.07 Å². The molecule has 2 aromatic carbocycles. The molecule has 1 fully saturated rings. The number of rotatable bonds is 9. The van der Waals surface area contributed by atoms with Gasteiger partial charge in [-0.2, -0.15) is 0 Å². The number of ether oxygens (including phenoxy) is 1. The smallest absolute Gasteiger partial charge is 0.232 e. The molecule has 3 atom stereocenters. The fourth-order valence-electron chi connectivity index (χ4n) is 4.86. The summed E-state index contributed by atoms with van der Waals surface area (Å²) in [5.41, 5.74) is 2.45. The maximum Gasteiger partial charge on any atom is 0.232 e. The predicted molar refractivity (Wildman–Crippen MR) is 116 cm³/mol. The van der Waals surface area contributed by atoms with Crippen LogP contribution < -0.4 is 14.8 Å². The highest BCUT2D eigenvalue weighted by Gasteiger charge is 2.38. The Hall–Kier alpha value is -1.87. The van der Waals surface area contributed by atoms with Crippen molar-refractivity contribution in [3.63, 3.8) is 0 Å². The molecule has 0 aliphatic heterocycles. The second-order valence-electron chi connectivity index (χ2n) is 8.60. The third-order valence-corrected chi connectivity index (χ3v) is 7.29. The summed E-state index contributed by atoms with van der Waals surface area (Å²) in [6.45, 7) is 0.254. The molecule has 0 radical (unpaired) electrons. The largest absolute Gasteiger partial charge is 0.490 e. The number of halogens is 2. The van der Waals surface area contributed by atoms with Crippen molar-refractivity contribution in [3.05, 3.63) is 64.7 Å². The second kappa shape index (κ2) is 9.32. The highest BCUT2D eigenvalue weighted by molar-refractivity contribution is 7.77. The van der Waals surface area contributed by atoms with Crippen LogP contribution >= 0.6 is 0 Å². The van der Waals surface area contributed by atoms with Gasteiger partial charge in [-0.15, -0.1) is 0 Å². The molecule has 4 rings (SSSR count). The summed E-state index contributed by atoms with van der Waals surface area (Å²) in [7, 11) is 1.89. The average Bonchev–Trinajstić information content (AvgIpc) is 3.02. The van der Waals surface area contributed by atoms with Crippen LogP contribution in [0.5, 0.6) is 5.75 Å². The number of benzene rings is 2. The maximum absolute atomic E-state index is 14.7. The minimum atomic E-state index is -2.08. The summed E-state index contributed by atoms with van der Waals surface area (Å²) in [5, 5.41) is 3.31. The minimum absolute atomic E-state index is 0.0844. The molecule has 2 aromatic rings. The summed E-state index contributed by atoms with van der Waals surface area (Å²) in [6.07, 6.45) is 4.48. The van der Waals surface area contributed by atoms with E-state index in [2.05, 4.69) is 10.0 Å². The van der Waals surface area contributed by atoms with E-state index in [-0.39, 0.29) is 30.1 Å². The molecule has 0 amide bonds. The van der Waals surface area contributed by atoms with Gasteiger partial charge >= 0.3 is 0 Å². The van der Waals surface area contributed by atoms with Gasteiger partial charge in [0.25, 0.3) is 0 Å². The van der Waals surface area contributed by atoms with E-state index in [4.69, 9.17) is 9.29 Å². The Morgan fingerprint density at radius 3 is 2.71 bits per heavy atom. The first-order valence-electron chi connectivity index (χ1n) is 10.6. The normalized spacial score (nSPS) is 22.6. The van der Waals surface area contributed by atoms with Crippen molar-refractivity contribution in [3.8, 4) is 5.75 Å². The van der Waals surface area contributed by atoms with Crippen molar-refractivity contribution in [1.29, 1.82) is 0 Å². The molecule has 8 heteroatoms. The molecular formula is C23H28F2N2O3S. The molecule has 0 saturated heterocycles. The van der Waals surface area contributed by atoms with Gasteiger partial charge < -0.3 is 10.1 Å². The lowest BCUT2D eigenvalue weighted by Gasteiger charge is -2.41. The van der Waals surface area contributed by atoms with Gasteiger partial charge in [-0.05, 0) is 80.1 Å². The molecule has 2 aliphatic rings. The van der Waals surface area contributed by atoms with E-state index in [1.54, 1.807) is 24.3 Å². The Kier molecular flexibility index (Phi) is 6.71. The lowest BCUT2D eigenvalue weighted by atomic mass is 9.75. The predicted octanol–water partition coefficient (Wildman–Crippen LogP) is 3.85. The van der Waals surface area contributed by atoms with E-state index in [0.29, 0.717) is 19.3 Å². The van der Waals surface area contributed by atoms with Gasteiger partial charge in [0, 0.05) is 23.9 Å². The first kappa shape index (κ1) is 22.3. The van der Waals surface area contributed by atoms with E-state index < -0.39 is 22.6 Å². The molecule has 31 heavy (non-hydrogen) atoms. The van der Waals surface area contributed by atoms with Crippen molar-refractivity contribution < 1.29 is 22.3 Å². The molecule has 0 aromatic heterocycles. The zero-order chi connectivity index (χ0) is 22.0. The van der Waals surface area contributed by atoms with Crippen molar-refractivity contribution in [2.45, 2.75) is 56.0 Å². The molecule has 2 aliphatic carbocycles. The summed E-state index contributed by atoms with van der Waals surface area (Å²) in [6, 6.07) is 10.0. The first-order valence-corrected chi connectivity index (χ1v) is 11.8. The number of likely N-dealkylation sites (N-methyl/N-ethyl adjacent to an activating group) is 1. The van der Waals surface area contributed by atoms with Crippen LogP contribution in [0.3, 0.4) is 0 Å². The van der Waals surface area contributed by atoms with Gasteiger partial charge in [0.05, 0.1) is 6.61 Å². The van der Waals surface area contributed by atoms with Crippen LogP contribution in [0.1, 0.15) is 48.3 Å². The highest BCUT2D eigenvalue weighted by Crippen LogP contribution is 2.40. The maximum atomic E-state index is 14.7. The standard InChI is InChI=1S/C23H28F2N2O3S/c1-26-21-13-16-12-20(25)22(30-9-8-23(6-3-7-23)27-31(28)29)14-18(16)19(21)11-15-4-2-5-17(24)10-15/h2,4-5,10,12,14,19,21,26-27H,3,6-9,11,13H2,1H3,(H,28,29). The third-order valence-electron chi connectivity index (χ3n) is 6.69. The molecular weight excluding hydrogens is 422 g/mol. The van der Waals surface area contributed by atoms with Crippen molar-refractivity contribution >= 4 is 11.3 Å². The summed E-state index contributed by atoms with van der Waals surface area (Å²) < 4.78 is 57.2. The van der Waals surface area contributed by atoms with Crippen LogP contribution in [0.15, 0.2) is 36.4 Å². The average molecular weight is 451 g/mol. The zero-order valence-electron chi connectivity index (χ0n) is 17.5. The van der Waals surface area contributed by atoms with Gasteiger partial charge in [-0.1, -0.05) is 12.1 Å². The topological polar surface area (TPSA) is 70.6 Å². The van der Waals surface area contributed by atoms with Crippen LogP contribution in [-0.2, 0) is 24.1 Å². The fourth-order valence-corrected chi connectivity index (χ4v) is 5.54. The van der Waals surface area contributed by atoms with Crippen LogP contribution in [0, 0.1) is 11.6 Å². The van der Waals surface area contributed by atoms with Crippen molar-refractivity contribution in [1.82, 2.24) is 10.0 Å². The fraction of sp³-hybridized carbons (Fsp3) is 0.478. The molecule has 0 bridgehead atoms. The zero-order valence-corrected chi connectivity index (χ0v) is 18.3.